The Morgan fingerprint density at radius 1 is 1.06 bits per heavy atom. The molecule has 2 nitrogen and oxygen atoms in total. The van der Waals surface area contributed by atoms with Gasteiger partial charge in [-0.2, -0.15) is 0 Å². The van der Waals surface area contributed by atoms with Crippen molar-refractivity contribution in [3.63, 3.8) is 0 Å². The zero-order valence-corrected chi connectivity index (χ0v) is 11.0. The molecular formula is C15H15NOS. The fourth-order valence-corrected chi connectivity index (χ4v) is 2.81. The number of carbonyl (C=O) groups excluding carboxylic acids is 1. The van der Waals surface area contributed by atoms with Gasteiger partial charge >= 0.3 is 0 Å². The predicted molar refractivity (Wildman–Crippen MR) is 76.7 cm³/mol. The van der Waals surface area contributed by atoms with Crippen LogP contribution in [0, 0.1) is 0 Å². The standard InChI is InChI=1S/C15H15NOS/c1-3-13-9-16(10-14(13)4-2)18-15-7-5-12(11-17)6-8-15/h3-8,11H,1-2,9-10H2. The molecule has 92 valence electrons. The maximum Gasteiger partial charge on any atom is 0.150 e. The van der Waals surface area contributed by atoms with E-state index in [1.807, 2.05) is 36.4 Å². The summed E-state index contributed by atoms with van der Waals surface area (Å²) in [5.74, 6) is 0. The third kappa shape index (κ3) is 2.81. The lowest BCUT2D eigenvalue weighted by Crippen LogP contribution is -2.11. The lowest BCUT2D eigenvalue weighted by atomic mass is 10.1. The zero-order chi connectivity index (χ0) is 13.0. The van der Waals surface area contributed by atoms with Gasteiger partial charge in [0.25, 0.3) is 0 Å². The van der Waals surface area contributed by atoms with Gasteiger partial charge in [0, 0.05) is 23.5 Å². The van der Waals surface area contributed by atoms with Crippen LogP contribution in [0.3, 0.4) is 0 Å². The normalized spacial score (nSPS) is 15.8. The largest absolute Gasteiger partial charge is 0.298 e. The second kappa shape index (κ2) is 5.85. The van der Waals surface area contributed by atoms with E-state index in [9.17, 15) is 4.79 Å². The van der Waals surface area contributed by atoms with Crippen LogP contribution in [0.25, 0.3) is 0 Å². The van der Waals surface area contributed by atoms with Gasteiger partial charge < -0.3 is 0 Å². The van der Waals surface area contributed by atoms with Gasteiger partial charge in [0.15, 0.2) is 0 Å². The van der Waals surface area contributed by atoms with Crippen molar-refractivity contribution in [2.24, 2.45) is 0 Å². The van der Waals surface area contributed by atoms with Crippen LogP contribution < -0.4 is 0 Å². The average molecular weight is 257 g/mol. The van der Waals surface area contributed by atoms with Crippen LogP contribution in [0.2, 0.25) is 0 Å². The number of carbonyl (C=O) groups is 1. The van der Waals surface area contributed by atoms with E-state index >= 15 is 0 Å². The van der Waals surface area contributed by atoms with Gasteiger partial charge in [-0.25, -0.2) is 4.31 Å². The maximum absolute atomic E-state index is 10.6. The molecule has 0 N–H and O–H groups in total. The molecule has 18 heavy (non-hydrogen) atoms. The van der Waals surface area contributed by atoms with Crippen LogP contribution in [0.1, 0.15) is 10.4 Å². The van der Waals surface area contributed by atoms with E-state index in [2.05, 4.69) is 17.5 Å². The summed E-state index contributed by atoms with van der Waals surface area (Å²) >= 11 is 1.69. The highest BCUT2D eigenvalue weighted by molar-refractivity contribution is 7.97. The van der Waals surface area contributed by atoms with Gasteiger partial charge in [0.1, 0.15) is 6.29 Å². The van der Waals surface area contributed by atoms with Crippen molar-refractivity contribution < 1.29 is 4.79 Å². The Bertz CT molecular complexity index is 482. The topological polar surface area (TPSA) is 20.3 Å². The molecule has 0 bridgehead atoms. The average Bonchev–Trinajstić information content (AvgIpc) is 2.81. The first-order valence-electron chi connectivity index (χ1n) is 5.72. The number of nitrogens with zero attached hydrogens (tertiary/aromatic N) is 1. The molecule has 1 aliphatic rings. The van der Waals surface area contributed by atoms with E-state index in [0.717, 1.165) is 24.3 Å². The summed E-state index contributed by atoms with van der Waals surface area (Å²) in [6, 6.07) is 7.60. The number of hydrogen-bond acceptors (Lipinski definition) is 3. The van der Waals surface area contributed by atoms with Gasteiger partial charge in [-0.1, -0.05) is 37.4 Å². The quantitative estimate of drug-likeness (QED) is 0.595. The Hall–Kier alpha value is -1.58. The maximum atomic E-state index is 10.6. The molecule has 0 unspecified atom stereocenters. The van der Waals surface area contributed by atoms with E-state index in [1.54, 1.807) is 11.9 Å². The highest BCUT2D eigenvalue weighted by Gasteiger charge is 2.18. The fraction of sp³-hybridized carbons (Fsp3) is 0.133. The first-order chi connectivity index (χ1) is 8.76. The Morgan fingerprint density at radius 2 is 1.61 bits per heavy atom. The van der Waals surface area contributed by atoms with Gasteiger partial charge in [0.05, 0.1) is 0 Å². The fourth-order valence-electron chi connectivity index (χ4n) is 1.85. The van der Waals surface area contributed by atoms with E-state index in [1.165, 1.54) is 11.1 Å². The first kappa shape index (κ1) is 12.9. The van der Waals surface area contributed by atoms with Crippen LogP contribution in [0.4, 0.5) is 0 Å². The highest BCUT2D eigenvalue weighted by atomic mass is 32.2. The van der Waals surface area contributed by atoms with Crippen molar-refractivity contribution in [2.75, 3.05) is 13.1 Å². The summed E-state index contributed by atoms with van der Waals surface area (Å²) in [5.41, 5.74) is 3.18. The SMILES string of the molecule is C=CC1=C(C=C)CN(Sc2ccc(C=O)cc2)C1. The van der Waals surface area contributed by atoms with Crippen molar-refractivity contribution in [1.29, 1.82) is 0 Å². The van der Waals surface area contributed by atoms with Crippen LogP contribution in [0.15, 0.2) is 65.6 Å². The molecule has 0 saturated heterocycles. The van der Waals surface area contributed by atoms with Crippen molar-refractivity contribution >= 4 is 18.2 Å². The molecule has 3 heteroatoms. The molecule has 0 aromatic heterocycles. The Morgan fingerprint density at radius 3 is 2.06 bits per heavy atom. The molecule has 0 spiro atoms. The van der Waals surface area contributed by atoms with Crippen LogP contribution in [0.5, 0.6) is 0 Å². The number of benzene rings is 1. The Labute approximate surface area is 112 Å². The molecule has 0 fully saturated rings. The summed E-state index contributed by atoms with van der Waals surface area (Å²) < 4.78 is 2.25. The van der Waals surface area contributed by atoms with Gasteiger partial charge in [-0.3, -0.25) is 4.79 Å². The van der Waals surface area contributed by atoms with Crippen molar-refractivity contribution in [3.05, 3.63) is 66.3 Å². The lowest BCUT2D eigenvalue weighted by Gasteiger charge is -2.14. The van der Waals surface area contributed by atoms with E-state index in [-0.39, 0.29) is 0 Å². The molecule has 0 amide bonds. The molecule has 0 atom stereocenters. The van der Waals surface area contributed by atoms with Crippen molar-refractivity contribution in [2.45, 2.75) is 4.90 Å². The number of aldehydes is 1. The van der Waals surface area contributed by atoms with E-state index in [4.69, 9.17) is 0 Å². The minimum absolute atomic E-state index is 0.706. The highest BCUT2D eigenvalue weighted by Crippen LogP contribution is 2.30. The van der Waals surface area contributed by atoms with Gasteiger partial charge in [0.2, 0.25) is 0 Å². The van der Waals surface area contributed by atoms with Gasteiger partial charge in [-0.15, -0.1) is 0 Å². The summed E-state index contributed by atoms with van der Waals surface area (Å²) in [5, 5.41) is 0. The van der Waals surface area contributed by atoms with Crippen LogP contribution in [-0.2, 0) is 0 Å². The molecule has 0 aliphatic carbocycles. The second-order valence-corrected chi connectivity index (χ2v) is 5.21. The minimum atomic E-state index is 0.706. The smallest absolute Gasteiger partial charge is 0.150 e. The Balaban J connectivity index is 2.02. The van der Waals surface area contributed by atoms with Crippen molar-refractivity contribution in [3.8, 4) is 0 Å². The minimum Gasteiger partial charge on any atom is -0.298 e. The molecule has 1 heterocycles. The zero-order valence-electron chi connectivity index (χ0n) is 10.1. The summed E-state index contributed by atoms with van der Waals surface area (Å²) in [6.45, 7) is 9.41. The molecule has 1 aliphatic heterocycles. The molecule has 2 rings (SSSR count). The van der Waals surface area contributed by atoms with E-state index in [0.29, 0.717) is 5.56 Å². The Kier molecular flexibility index (Phi) is 4.18. The summed E-state index contributed by atoms with van der Waals surface area (Å²) in [6.07, 6.45) is 4.65. The van der Waals surface area contributed by atoms with E-state index < -0.39 is 0 Å². The lowest BCUT2D eigenvalue weighted by molar-refractivity contribution is 0.112. The molecule has 0 radical (unpaired) electrons. The summed E-state index contributed by atoms with van der Waals surface area (Å²) in [7, 11) is 0. The summed E-state index contributed by atoms with van der Waals surface area (Å²) in [4.78, 5) is 11.7. The predicted octanol–water partition coefficient (Wildman–Crippen LogP) is 3.49. The van der Waals surface area contributed by atoms with Crippen LogP contribution >= 0.6 is 11.9 Å². The van der Waals surface area contributed by atoms with Crippen molar-refractivity contribution in [1.82, 2.24) is 4.31 Å². The number of hydrogen-bond donors (Lipinski definition) is 0. The third-order valence-corrected chi connectivity index (χ3v) is 3.85. The second-order valence-electron chi connectivity index (χ2n) is 4.03. The first-order valence-corrected chi connectivity index (χ1v) is 6.49. The third-order valence-electron chi connectivity index (χ3n) is 2.85. The molecule has 1 aromatic rings. The van der Waals surface area contributed by atoms with Crippen LogP contribution in [-0.4, -0.2) is 23.7 Å². The molecule has 1 aromatic carbocycles. The monoisotopic (exact) mass is 257 g/mol. The molecular weight excluding hydrogens is 242 g/mol. The number of rotatable bonds is 5. The molecule has 0 saturated carbocycles. The van der Waals surface area contributed by atoms with Gasteiger partial charge in [-0.05, 0) is 35.2 Å².